The zero-order valence-corrected chi connectivity index (χ0v) is 8.28. The van der Waals surface area contributed by atoms with Crippen molar-refractivity contribution >= 4 is 5.78 Å². The standard InChI is InChI=1S/C12H15NO/c14-11-6-7-12(11)8-13(9-12)10-4-2-1-3-5-10/h1-4,10H,5-9H2/t10-/m1/s1. The van der Waals surface area contributed by atoms with Crippen LogP contribution in [0.3, 0.4) is 0 Å². The minimum Gasteiger partial charge on any atom is -0.299 e. The number of likely N-dealkylation sites (tertiary alicyclic amines) is 1. The van der Waals surface area contributed by atoms with Crippen LogP contribution < -0.4 is 0 Å². The van der Waals surface area contributed by atoms with Crippen LogP contribution in [0, 0.1) is 5.41 Å². The molecule has 2 heteroatoms. The van der Waals surface area contributed by atoms with E-state index in [1.165, 1.54) is 0 Å². The van der Waals surface area contributed by atoms with Gasteiger partial charge >= 0.3 is 0 Å². The van der Waals surface area contributed by atoms with Crippen molar-refractivity contribution in [1.29, 1.82) is 0 Å². The summed E-state index contributed by atoms with van der Waals surface area (Å²) < 4.78 is 0. The molecule has 1 aliphatic heterocycles. The fourth-order valence-electron chi connectivity index (χ4n) is 2.72. The largest absolute Gasteiger partial charge is 0.299 e. The second kappa shape index (κ2) is 2.80. The topological polar surface area (TPSA) is 20.3 Å². The number of carbonyl (C=O) groups is 1. The van der Waals surface area contributed by atoms with Gasteiger partial charge in [-0.25, -0.2) is 0 Å². The molecular formula is C12H15NO. The summed E-state index contributed by atoms with van der Waals surface area (Å²) >= 11 is 0. The van der Waals surface area contributed by atoms with E-state index < -0.39 is 0 Å². The van der Waals surface area contributed by atoms with Gasteiger partial charge < -0.3 is 0 Å². The molecule has 3 aliphatic rings. The smallest absolute Gasteiger partial charge is 0.141 e. The average molecular weight is 189 g/mol. The first kappa shape index (κ1) is 8.42. The SMILES string of the molecule is O=C1CCC12CN([C@@H]1C=CC=CC1)C2. The Bertz CT molecular complexity index is 323. The van der Waals surface area contributed by atoms with Crippen LogP contribution >= 0.6 is 0 Å². The van der Waals surface area contributed by atoms with Crippen molar-refractivity contribution in [3.8, 4) is 0 Å². The molecule has 74 valence electrons. The van der Waals surface area contributed by atoms with Crippen molar-refractivity contribution < 1.29 is 4.79 Å². The number of hydrogen-bond acceptors (Lipinski definition) is 2. The predicted octanol–water partition coefficient (Wildman–Crippen LogP) is 1.54. The molecule has 0 unspecified atom stereocenters. The first-order chi connectivity index (χ1) is 6.80. The van der Waals surface area contributed by atoms with E-state index >= 15 is 0 Å². The highest BCUT2D eigenvalue weighted by Crippen LogP contribution is 2.46. The maximum absolute atomic E-state index is 11.4. The van der Waals surface area contributed by atoms with E-state index in [1.54, 1.807) is 0 Å². The van der Waals surface area contributed by atoms with Crippen LogP contribution in [0.1, 0.15) is 19.3 Å². The van der Waals surface area contributed by atoms with Crippen LogP contribution in [0.25, 0.3) is 0 Å². The average Bonchev–Trinajstić information content (AvgIpc) is 2.15. The number of ketones is 1. The van der Waals surface area contributed by atoms with Gasteiger partial charge in [-0.2, -0.15) is 0 Å². The van der Waals surface area contributed by atoms with Crippen LogP contribution in [0.5, 0.6) is 0 Å². The molecule has 0 aromatic heterocycles. The lowest BCUT2D eigenvalue weighted by Gasteiger charge is -2.56. The molecule has 1 saturated heterocycles. The Morgan fingerprint density at radius 3 is 2.71 bits per heavy atom. The molecule has 2 aliphatic carbocycles. The number of rotatable bonds is 1. The second-order valence-electron chi connectivity index (χ2n) is 4.72. The van der Waals surface area contributed by atoms with Gasteiger partial charge in [0.05, 0.1) is 5.41 Å². The number of Topliss-reactive ketones (excluding diaryl/α,β-unsaturated/α-hetero) is 1. The van der Waals surface area contributed by atoms with Crippen molar-refractivity contribution in [2.75, 3.05) is 13.1 Å². The molecular weight excluding hydrogens is 174 g/mol. The summed E-state index contributed by atoms with van der Waals surface area (Å²) in [7, 11) is 0. The summed E-state index contributed by atoms with van der Waals surface area (Å²) in [6, 6.07) is 0.555. The zero-order valence-electron chi connectivity index (χ0n) is 8.28. The molecule has 1 atom stereocenters. The van der Waals surface area contributed by atoms with Crippen molar-refractivity contribution in [3.63, 3.8) is 0 Å². The maximum Gasteiger partial charge on any atom is 0.141 e. The van der Waals surface area contributed by atoms with Gasteiger partial charge in [0.2, 0.25) is 0 Å². The van der Waals surface area contributed by atoms with E-state index in [1.807, 2.05) is 0 Å². The van der Waals surface area contributed by atoms with Gasteiger partial charge in [0.1, 0.15) is 5.78 Å². The Balaban J connectivity index is 1.61. The molecule has 1 heterocycles. The third-order valence-corrected chi connectivity index (χ3v) is 3.86. The highest BCUT2D eigenvalue weighted by Gasteiger charge is 2.55. The minimum absolute atomic E-state index is 0.106. The minimum atomic E-state index is 0.106. The quantitative estimate of drug-likeness (QED) is 0.623. The Morgan fingerprint density at radius 2 is 2.21 bits per heavy atom. The number of allylic oxidation sites excluding steroid dienone is 2. The molecule has 1 saturated carbocycles. The highest BCUT2D eigenvalue weighted by molar-refractivity contribution is 5.91. The second-order valence-corrected chi connectivity index (χ2v) is 4.72. The van der Waals surface area contributed by atoms with Crippen molar-refractivity contribution in [2.24, 2.45) is 5.41 Å². The number of nitrogens with zero attached hydrogens (tertiary/aromatic N) is 1. The summed E-state index contributed by atoms with van der Waals surface area (Å²) in [6.45, 7) is 2.02. The molecule has 0 aromatic rings. The predicted molar refractivity (Wildman–Crippen MR) is 54.9 cm³/mol. The van der Waals surface area contributed by atoms with Crippen molar-refractivity contribution in [2.45, 2.75) is 25.3 Å². The molecule has 3 rings (SSSR count). The molecule has 1 spiro atoms. The summed E-state index contributed by atoms with van der Waals surface area (Å²) in [5.41, 5.74) is 0.106. The van der Waals surface area contributed by atoms with Gasteiger partial charge in [-0.05, 0) is 12.8 Å². The Morgan fingerprint density at radius 1 is 1.36 bits per heavy atom. The lowest BCUT2D eigenvalue weighted by Crippen LogP contribution is -2.66. The first-order valence-electron chi connectivity index (χ1n) is 5.41. The third-order valence-electron chi connectivity index (χ3n) is 3.86. The van der Waals surface area contributed by atoms with Gasteiger partial charge in [0.25, 0.3) is 0 Å². The van der Waals surface area contributed by atoms with Crippen LogP contribution in [-0.4, -0.2) is 29.8 Å². The lowest BCUT2D eigenvalue weighted by molar-refractivity contribution is -0.155. The zero-order chi connectivity index (χ0) is 9.60. The lowest BCUT2D eigenvalue weighted by atomic mass is 9.62. The molecule has 0 aromatic carbocycles. The first-order valence-corrected chi connectivity index (χ1v) is 5.41. The van der Waals surface area contributed by atoms with Crippen molar-refractivity contribution in [3.05, 3.63) is 24.3 Å². The Labute approximate surface area is 84.3 Å². The van der Waals surface area contributed by atoms with Gasteiger partial charge in [-0.3, -0.25) is 9.69 Å². The van der Waals surface area contributed by atoms with Crippen LogP contribution in [0.15, 0.2) is 24.3 Å². The molecule has 0 radical (unpaired) electrons. The van der Waals surface area contributed by atoms with E-state index in [0.29, 0.717) is 11.8 Å². The molecule has 2 fully saturated rings. The van der Waals surface area contributed by atoms with Crippen molar-refractivity contribution in [1.82, 2.24) is 4.90 Å². The van der Waals surface area contributed by atoms with Gasteiger partial charge in [-0.1, -0.05) is 24.3 Å². The van der Waals surface area contributed by atoms with E-state index in [2.05, 4.69) is 29.2 Å². The summed E-state index contributed by atoms with van der Waals surface area (Å²) in [5, 5.41) is 0. The molecule has 2 nitrogen and oxygen atoms in total. The molecule has 0 N–H and O–H groups in total. The monoisotopic (exact) mass is 189 g/mol. The molecule has 0 bridgehead atoms. The fourth-order valence-corrected chi connectivity index (χ4v) is 2.72. The van der Waals surface area contributed by atoms with Crippen LogP contribution in [0.4, 0.5) is 0 Å². The Kier molecular flexibility index (Phi) is 1.68. The van der Waals surface area contributed by atoms with E-state index in [-0.39, 0.29) is 5.41 Å². The summed E-state index contributed by atoms with van der Waals surface area (Å²) in [4.78, 5) is 13.8. The van der Waals surface area contributed by atoms with E-state index in [0.717, 1.165) is 32.4 Å². The Hall–Kier alpha value is -0.890. The normalized spacial score (nSPS) is 34.3. The van der Waals surface area contributed by atoms with E-state index in [4.69, 9.17) is 0 Å². The number of hydrogen-bond donors (Lipinski definition) is 0. The van der Waals surface area contributed by atoms with E-state index in [9.17, 15) is 4.79 Å². The van der Waals surface area contributed by atoms with Gasteiger partial charge in [-0.15, -0.1) is 0 Å². The summed E-state index contributed by atoms with van der Waals surface area (Å²) in [6.07, 6.45) is 11.7. The van der Waals surface area contributed by atoms with Crippen LogP contribution in [0.2, 0.25) is 0 Å². The number of carbonyl (C=O) groups excluding carboxylic acids is 1. The maximum atomic E-state index is 11.4. The fraction of sp³-hybridized carbons (Fsp3) is 0.583. The highest BCUT2D eigenvalue weighted by atomic mass is 16.1. The third kappa shape index (κ3) is 1.04. The van der Waals surface area contributed by atoms with Gasteiger partial charge in [0.15, 0.2) is 0 Å². The van der Waals surface area contributed by atoms with Crippen LogP contribution in [-0.2, 0) is 4.79 Å². The molecule has 14 heavy (non-hydrogen) atoms. The molecule has 0 amide bonds. The summed E-state index contributed by atoms with van der Waals surface area (Å²) in [5.74, 6) is 0.504. The van der Waals surface area contributed by atoms with Gasteiger partial charge in [0, 0.05) is 25.6 Å².